The summed E-state index contributed by atoms with van der Waals surface area (Å²) in [5, 5.41) is 3.37. The lowest BCUT2D eigenvalue weighted by Crippen LogP contribution is -2.37. The van der Waals surface area contributed by atoms with Crippen LogP contribution in [-0.2, 0) is 0 Å². The number of guanidine groups is 1. The quantitative estimate of drug-likeness (QED) is 0.389. The zero-order valence-corrected chi connectivity index (χ0v) is 17.7. The number of nitrogens with one attached hydrogen (secondary N) is 1. The Labute approximate surface area is 173 Å². The van der Waals surface area contributed by atoms with Gasteiger partial charge in [-0.2, -0.15) is 0 Å². The maximum atomic E-state index is 6.19. The molecular formula is C21H28IN3O. The summed E-state index contributed by atoms with van der Waals surface area (Å²) in [7, 11) is 0. The molecule has 0 fully saturated rings. The molecule has 2 aromatic rings. The minimum atomic E-state index is 0. The van der Waals surface area contributed by atoms with E-state index in [0.29, 0.717) is 30.9 Å². The lowest BCUT2D eigenvalue weighted by atomic mass is 9.88. The van der Waals surface area contributed by atoms with E-state index >= 15 is 0 Å². The van der Waals surface area contributed by atoms with Crippen LogP contribution in [0.3, 0.4) is 0 Å². The molecule has 1 aliphatic rings. The molecule has 2 unspecified atom stereocenters. The molecule has 4 nitrogen and oxygen atoms in total. The van der Waals surface area contributed by atoms with E-state index in [0.717, 1.165) is 17.7 Å². The maximum absolute atomic E-state index is 6.19. The van der Waals surface area contributed by atoms with Gasteiger partial charge in [0.15, 0.2) is 5.96 Å². The van der Waals surface area contributed by atoms with Gasteiger partial charge in [-0.3, -0.25) is 4.99 Å². The summed E-state index contributed by atoms with van der Waals surface area (Å²) >= 11 is 0. The van der Waals surface area contributed by atoms with E-state index in [4.69, 9.17) is 10.5 Å². The van der Waals surface area contributed by atoms with Crippen molar-refractivity contribution in [2.24, 2.45) is 16.6 Å². The van der Waals surface area contributed by atoms with Crippen LogP contribution >= 0.6 is 24.0 Å². The number of fused-ring (bicyclic) bond motifs is 1. The van der Waals surface area contributed by atoms with Gasteiger partial charge in [-0.1, -0.05) is 62.4 Å². The molecule has 0 saturated heterocycles. The highest BCUT2D eigenvalue weighted by atomic mass is 127. The van der Waals surface area contributed by atoms with E-state index in [1.54, 1.807) is 0 Å². The Morgan fingerprint density at radius 2 is 1.85 bits per heavy atom. The molecule has 0 spiro atoms. The first kappa shape index (κ1) is 20.6. The van der Waals surface area contributed by atoms with Crippen molar-refractivity contribution in [3.63, 3.8) is 0 Å². The fourth-order valence-corrected chi connectivity index (χ4v) is 3.31. The standard InChI is InChI=1S/C21H27N3O.HI/c1-15(2)18(16-8-4-3-5-9-16)14-23-21(22)24-19-12-13-25-20-11-7-6-10-17(19)20;/h3-11,15,18-19H,12-14H2,1-2H3,(H3,22,23,24);1H. The van der Waals surface area contributed by atoms with Crippen molar-refractivity contribution >= 4 is 29.9 Å². The second-order valence-corrected chi connectivity index (χ2v) is 6.86. The van der Waals surface area contributed by atoms with E-state index in [-0.39, 0.29) is 30.0 Å². The van der Waals surface area contributed by atoms with Gasteiger partial charge < -0.3 is 15.8 Å². The van der Waals surface area contributed by atoms with E-state index in [1.165, 1.54) is 5.56 Å². The van der Waals surface area contributed by atoms with Crippen molar-refractivity contribution < 1.29 is 4.74 Å². The SMILES string of the molecule is CC(C)C(CN=C(N)NC1CCOc2ccccc21)c1ccccc1.I. The average molecular weight is 465 g/mol. The second-order valence-electron chi connectivity index (χ2n) is 6.86. The predicted molar refractivity (Wildman–Crippen MR) is 118 cm³/mol. The number of ether oxygens (including phenoxy) is 1. The number of halogens is 1. The monoisotopic (exact) mass is 465 g/mol. The molecule has 0 aromatic heterocycles. The minimum Gasteiger partial charge on any atom is -0.493 e. The molecule has 26 heavy (non-hydrogen) atoms. The molecule has 2 atom stereocenters. The Morgan fingerprint density at radius 1 is 1.15 bits per heavy atom. The van der Waals surface area contributed by atoms with Crippen molar-refractivity contribution in [2.45, 2.75) is 32.2 Å². The Kier molecular flexibility index (Phi) is 7.75. The first-order valence-electron chi connectivity index (χ1n) is 8.98. The molecule has 0 radical (unpaired) electrons. The van der Waals surface area contributed by atoms with E-state index < -0.39 is 0 Å². The number of nitrogens with two attached hydrogens (primary N) is 1. The number of benzene rings is 2. The van der Waals surface area contributed by atoms with Crippen LogP contribution in [0.4, 0.5) is 0 Å². The van der Waals surface area contributed by atoms with Crippen LogP contribution in [0, 0.1) is 5.92 Å². The summed E-state index contributed by atoms with van der Waals surface area (Å²) in [5.74, 6) is 2.30. The van der Waals surface area contributed by atoms with Crippen LogP contribution < -0.4 is 15.8 Å². The van der Waals surface area contributed by atoms with Crippen molar-refractivity contribution in [1.82, 2.24) is 5.32 Å². The Balaban J connectivity index is 0.00000243. The van der Waals surface area contributed by atoms with Gasteiger partial charge in [-0.25, -0.2) is 0 Å². The largest absolute Gasteiger partial charge is 0.493 e. The fraction of sp³-hybridized carbons (Fsp3) is 0.381. The molecule has 0 aliphatic carbocycles. The Hall–Kier alpha value is -1.76. The number of aliphatic imine (C=N–C) groups is 1. The summed E-state index contributed by atoms with van der Waals surface area (Å²) in [6.45, 7) is 5.84. The molecule has 1 heterocycles. The van der Waals surface area contributed by atoms with Gasteiger partial charge in [0.05, 0.1) is 12.6 Å². The normalized spacial score (nSPS) is 17.7. The van der Waals surface area contributed by atoms with E-state index in [1.807, 2.05) is 24.3 Å². The molecule has 5 heteroatoms. The van der Waals surface area contributed by atoms with Gasteiger partial charge in [0.25, 0.3) is 0 Å². The van der Waals surface area contributed by atoms with Gasteiger partial charge >= 0.3 is 0 Å². The molecule has 140 valence electrons. The van der Waals surface area contributed by atoms with Crippen LogP contribution in [0.15, 0.2) is 59.6 Å². The summed E-state index contributed by atoms with van der Waals surface area (Å²) in [6.07, 6.45) is 0.888. The van der Waals surface area contributed by atoms with E-state index in [9.17, 15) is 0 Å². The zero-order chi connectivity index (χ0) is 17.6. The van der Waals surface area contributed by atoms with Crippen LogP contribution in [0.1, 0.15) is 43.4 Å². The maximum Gasteiger partial charge on any atom is 0.189 e. The topological polar surface area (TPSA) is 59.6 Å². The second kappa shape index (κ2) is 9.80. The van der Waals surface area contributed by atoms with Crippen LogP contribution in [0.2, 0.25) is 0 Å². The van der Waals surface area contributed by atoms with E-state index in [2.05, 4.69) is 54.5 Å². The number of hydrogen-bond acceptors (Lipinski definition) is 2. The van der Waals surface area contributed by atoms with Crippen LogP contribution in [0.5, 0.6) is 5.75 Å². The van der Waals surface area contributed by atoms with Crippen LogP contribution in [0.25, 0.3) is 0 Å². The third-order valence-electron chi connectivity index (χ3n) is 4.77. The molecule has 3 N–H and O–H groups in total. The average Bonchev–Trinajstić information content (AvgIpc) is 2.63. The summed E-state index contributed by atoms with van der Waals surface area (Å²) in [4.78, 5) is 4.63. The Morgan fingerprint density at radius 3 is 2.58 bits per heavy atom. The third kappa shape index (κ3) is 5.13. The summed E-state index contributed by atoms with van der Waals surface area (Å²) < 4.78 is 5.70. The first-order valence-corrected chi connectivity index (χ1v) is 8.98. The molecule has 2 aromatic carbocycles. The zero-order valence-electron chi connectivity index (χ0n) is 15.4. The molecule has 1 aliphatic heterocycles. The highest BCUT2D eigenvalue weighted by Crippen LogP contribution is 2.31. The van der Waals surface area contributed by atoms with Crippen molar-refractivity contribution in [3.05, 3.63) is 65.7 Å². The van der Waals surface area contributed by atoms with Crippen molar-refractivity contribution in [2.75, 3.05) is 13.2 Å². The highest BCUT2D eigenvalue weighted by Gasteiger charge is 2.21. The number of hydrogen-bond donors (Lipinski definition) is 2. The predicted octanol–water partition coefficient (Wildman–Crippen LogP) is 4.47. The fourth-order valence-electron chi connectivity index (χ4n) is 3.31. The molecule has 0 amide bonds. The minimum absolute atomic E-state index is 0. The molecular weight excluding hydrogens is 437 g/mol. The Bertz CT molecular complexity index is 718. The first-order chi connectivity index (χ1) is 12.1. The molecule has 0 bridgehead atoms. The lowest BCUT2D eigenvalue weighted by Gasteiger charge is -2.27. The third-order valence-corrected chi connectivity index (χ3v) is 4.77. The van der Waals surface area contributed by atoms with Gasteiger partial charge in [0.1, 0.15) is 5.75 Å². The smallest absolute Gasteiger partial charge is 0.189 e. The highest BCUT2D eigenvalue weighted by molar-refractivity contribution is 14.0. The van der Waals surface area contributed by atoms with Crippen molar-refractivity contribution in [3.8, 4) is 5.75 Å². The number of rotatable bonds is 5. The van der Waals surface area contributed by atoms with Gasteiger partial charge in [-0.05, 0) is 17.5 Å². The molecule has 0 saturated carbocycles. The van der Waals surface area contributed by atoms with Gasteiger partial charge in [-0.15, -0.1) is 24.0 Å². The van der Waals surface area contributed by atoms with Gasteiger partial charge in [0, 0.05) is 24.4 Å². The van der Waals surface area contributed by atoms with Crippen molar-refractivity contribution in [1.29, 1.82) is 0 Å². The van der Waals surface area contributed by atoms with Crippen LogP contribution in [-0.4, -0.2) is 19.1 Å². The summed E-state index contributed by atoms with van der Waals surface area (Å²) in [6, 6.07) is 18.8. The number of para-hydroxylation sites is 1. The summed E-state index contributed by atoms with van der Waals surface area (Å²) in [5.41, 5.74) is 8.65. The number of nitrogens with zero attached hydrogens (tertiary/aromatic N) is 1. The van der Waals surface area contributed by atoms with Gasteiger partial charge in [0.2, 0.25) is 0 Å². The lowest BCUT2D eigenvalue weighted by molar-refractivity contribution is 0.262. The molecule has 3 rings (SSSR count).